The van der Waals surface area contributed by atoms with Crippen LogP contribution in [0.25, 0.3) is 0 Å². The molecule has 0 aromatic rings. The maximum absolute atomic E-state index is 11.7. The van der Waals surface area contributed by atoms with Gasteiger partial charge in [-0.3, -0.25) is 4.79 Å². The third-order valence-electron chi connectivity index (χ3n) is 4.76. The highest BCUT2D eigenvalue weighted by Crippen LogP contribution is 2.25. The molecule has 0 aromatic heterocycles. The van der Waals surface area contributed by atoms with Crippen molar-refractivity contribution in [3.05, 3.63) is 0 Å². The second-order valence-corrected chi connectivity index (χ2v) is 9.49. The molecule has 0 saturated carbocycles. The van der Waals surface area contributed by atoms with Gasteiger partial charge in [-0.1, -0.05) is 53.9 Å². The van der Waals surface area contributed by atoms with Crippen LogP contribution in [0.15, 0.2) is 0 Å². The Morgan fingerprint density at radius 2 is 1.23 bits per heavy atom. The number of hydrogen-bond donors (Lipinski definition) is 0. The molecule has 1 unspecified atom stereocenters. The molecule has 0 amide bonds. The predicted octanol–water partition coefficient (Wildman–Crippen LogP) is 5.42. The maximum atomic E-state index is 11.7. The normalized spacial score (nSPS) is 12.8. The van der Waals surface area contributed by atoms with Gasteiger partial charge in [-0.2, -0.15) is 0 Å². The van der Waals surface area contributed by atoms with Crippen LogP contribution in [0.5, 0.6) is 0 Å². The van der Waals surface area contributed by atoms with Crippen LogP contribution in [0, 0.1) is 11.3 Å². The van der Waals surface area contributed by atoms with Gasteiger partial charge in [0.1, 0.15) is 0 Å². The maximum Gasteiger partial charge on any atom is 0.305 e. The molecule has 6 heteroatoms. The summed E-state index contributed by atoms with van der Waals surface area (Å²) < 4.78 is 27.2. The minimum Gasteiger partial charge on any atom is -0.466 e. The minimum absolute atomic E-state index is 0.134. The van der Waals surface area contributed by atoms with E-state index < -0.39 is 0 Å². The number of rotatable bonds is 22. The minimum atomic E-state index is -0.134. The van der Waals surface area contributed by atoms with Gasteiger partial charge in [-0.05, 0) is 37.0 Å². The van der Waals surface area contributed by atoms with Crippen molar-refractivity contribution in [1.29, 1.82) is 0 Å². The highest BCUT2D eigenvalue weighted by Gasteiger charge is 2.15. The van der Waals surface area contributed by atoms with Crippen molar-refractivity contribution in [3.8, 4) is 0 Å². The molecule has 0 saturated heterocycles. The topological polar surface area (TPSA) is 63.2 Å². The summed E-state index contributed by atoms with van der Waals surface area (Å²) in [6.45, 7) is 16.5. The van der Waals surface area contributed by atoms with Crippen LogP contribution in [0.1, 0.15) is 86.0 Å². The zero-order chi connectivity index (χ0) is 23.2. The van der Waals surface area contributed by atoms with E-state index in [4.69, 9.17) is 23.7 Å². The SMILES string of the molecule is CCCCCCOCCOCCOCCOCCCC(=O)OCCC(C)CC(C)(C)C. The van der Waals surface area contributed by atoms with Gasteiger partial charge in [-0.15, -0.1) is 0 Å². The largest absolute Gasteiger partial charge is 0.466 e. The van der Waals surface area contributed by atoms with Gasteiger partial charge in [0.25, 0.3) is 0 Å². The van der Waals surface area contributed by atoms with Crippen LogP contribution >= 0.6 is 0 Å². The molecular formula is C25H50O6. The first-order valence-electron chi connectivity index (χ1n) is 12.3. The number of hydrogen-bond acceptors (Lipinski definition) is 6. The third-order valence-corrected chi connectivity index (χ3v) is 4.76. The van der Waals surface area contributed by atoms with Gasteiger partial charge in [-0.25, -0.2) is 0 Å². The first kappa shape index (κ1) is 30.3. The molecule has 0 aliphatic rings. The molecule has 0 aliphatic heterocycles. The standard InChI is InChI=1S/C25H50O6/c1-6-7-8-9-13-27-16-18-29-20-21-30-19-17-28-14-10-11-24(26)31-15-12-23(2)22-25(3,4)5/h23H,6-22H2,1-5H3. The average Bonchev–Trinajstić information content (AvgIpc) is 2.69. The van der Waals surface area contributed by atoms with Gasteiger partial charge in [0.15, 0.2) is 0 Å². The summed E-state index contributed by atoms with van der Waals surface area (Å²) in [7, 11) is 0. The Morgan fingerprint density at radius 3 is 1.74 bits per heavy atom. The average molecular weight is 447 g/mol. The van der Waals surface area contributed by atoms with E-state index in [1.165, 1.54) is 19.3 Å². The van der Waals surface area contributed by atoms with Crippen LogP contribution < -0.4 is 0 Å². The summed E-state index contributed by atoms with van der Waals surface area (Å²) in [5, 5.41) is 0. The van der Waals surface area contributed by atoms with Gasteiger partial charge in [0.05, 0.1) is 46.2 Å². The summed E-state index contributed by atoms with van der Waals surface area (Å²) >= 11 is 0. The van der Waals surface area contributed by atoms with E-state index in [2.05, 4.69) is 34.6 Å². The molecule has 31 heavy (non-hydrogen) atoms. The fourth-order valence-electron chi connectivity index (χ4n) is 3.30. The molecular weight excluding hydrogens is 396 g/mol. The number of unbranched alkanes of at least 4 members (excludes halogenated alkanes) is 3. The lowest BCUT2D eigenvalue weighted by atomic mass is 9.84. The second kappa shape index (κ2) is 21.2. The molecule has 0 radical (unpaired) electrons. The van der Waals surface area contributed by atoms with Crippen molar-refractivity contribution in [1.82, 2.24) is 0 Å². The van der Waals surface area contributed by atoms with Crippen molar-refractivity contribution < 1.29 is 28.5 Å². The number of esters is 1. The second-order valence-electron chi connectivity index (χ2n) is 9.49. The van der Waals surface area contributed by atoms with Crippen LogP contribution in [-0.4, -0.2) is 65.4 Å². The number of carbonyl (C=O) groups excluding carboxylic acids is 1. The lowest BCUT2D eigenvalue weighted by Crippen LogP contribution is -2.14. The molecule has 0 spiro atoms. The number of carbonyl (C=O) groups is 1. The van der Waals surface area contributed by atoms with Crippen molar-refractivity contribution in [2.75, 3.05) is 59.5 Å². The molecule has 0 bridgehead atoms. The van der Waals surface area contributed by atoms with Gasteiger partial charge >= 0.3 is 5.97 Å². The highest BCUT2D eigenvalue weighted by atomic mass is 16.6. The van der Waals surface area contributed by atoms with Crippen molar-refractivity contribution >= 4 is 5.97 Å². The molecule has 1 atom stereocenters. The van der Waals surface area contributed by atoms with E-state index in [0.717, 1.165) is 25.9 Å². The van der Waals surface area contributed by atoms with Crippen molar-refractivity contribution in [2.24, 2.45) is 11.3 Å². The van der Waals surface area contributed by atoms with E-state index in [9.17, 15) is 4.79 Å². The Kier molecular flexibility index (Phi) is 20.7. The molecule has 0 rings (SSSR count). The Balaban J connectivity index is 3.24. The van der Waals surface area contributed by atoms with Gasteiger partial charge in [0, 0.05) is 19.6 Å². The first-order chi connectivity index (χ1) is 14.8. The molecule has 0 aromatic carbocycles. The summed E-state index contributed by atoms with van der Waals surface area (Å²) in [4.78, 5) is 11.7. The number of ether oxygens (including phenoxy) is 5. The van der Waals surface area contributed by atoms with E-state index in [-0.39, 0.29) is 5.97 Å². The van der Waals surface area contributed by atoms with Gasteiger partial charge < -0.3 is 23.7 Å². The Labute approximate surface area is 191 Å². The smallest absolute Gasteiger partial charge is 0.305 e. The fourth-order valence-corrected chi connectivity index (χ4v) is 3.30. The van der Waals surface area contributed by atoms with Crippen LogP contribution in [0.2, 0.25) is 0 Å². The fraction of sp³-hybridized carbons (Fsp3) is 0.960. The van der Waals surface area contributed by atoms with E-state index in [0.29, 0.717) is 77.0 Å². The zero-order valence-electron chi connectivity index (χ0n) is 21.0. The zero-order valence-corrected chi connectivity index (χ0v) is 21.0. The summed E-state index contributed by atoms with van der Waals surface area (Å²) in [6.07, 6.45) is 8.06. The molecule has 0 N–H and O–H groups in total. The summed E-state index contributed by atoms with van der Waals surface area (Å²) in [6, 6.07) is 0. The van der Waals surface area contributed by atoms with Crippen molar-refractivity contribution in [3.63, 3.8) is 0 Å². The molecule has 0 fully saturated rings. The molecule has 6 nitrogen and oxygen atoms in total. The Bertz CT molecular complexity index is 394. The van der Waals surface area contributed by atoms with E-state index in [1.807, 2.05) is 0 Å². The third kappa shape index (κ3) is 25.4. The molecule has 186 valence electrons. The predicted molar refractivity (Wildman–Crippen MR) is 125 cm³/mol. The van der Waals surface area contributed by atoms with Crippen molar-refractivity contribution in [2.45, 2.75) is 86.0 Å². The molecule has 0 aliphatic carbocycles. The van der Waals surface area contributed by atoms with Crippen LogP contribution in [0.4, 0.5) is 0 Å². The van der Waals surface area contributed by atoms with E-state index in [1.54, 1.807) is 0 Å². The van der Waals surface area contributed by atoms with Gasteiger partial charge in [0.2, 0.25) is 0 Å². The molecule has 0 heterocycles. The van der Waals surface area contributed by atoms with Crippen LogP contribution in [-0.2, 0) is 28.5 Å². The lowest BCUT2D eigenvalue weighted by Gasteiger charge is -2.22. The summed E-state index contributed by atoms with van der Waals surface area (Å²) in [5.41, 5.74) is 0.319. The summed E-state index contributed by atoms with van der Waals surface area (Å²) in [5.74, 6) is 0.431. The monoisotopic (exact) mass is 446 g/mol. The Hall–Kier alpha value is -0.690. The van der Waals surface area contributed by atoms with Crippen LogP contribution in [0.3, 0.4) is 0 Å². The van der Waals surface area contributed by atoms with E-state index >= 15 is 0 Å². The first-order valence-corrected chi connectivity index (χ1v) is 12.3. The lowest BCUT2D eigenvalue weighted by molar-refractivity contribution is -0.144. The Morgan fingerprint density at radius 1 is 0.710 bits per heavy atom. The quantitative estimate of drug-likeness (QED) is 0.163. The highest BCUT2D eigenvalue weighted by molar-refractivity contribution is 5.69.